The van der Waals surface area contributed by atoms with Crippen LogP contribution in [0.3, 0.4) is 0 Å². The zero-order valence-corrected chi connectivity index (χ0v) is 19.4. The van der Waals surface area contributed by atoms with Crippen LogP contribution in [0.2, 0.25) is 0 Å². The minimum atomic E-state index is 0.277. The first-order chi connectivity index (χ1) is 13.1. The number of rotatable bonds is 3. The molecule has 0 unspecified atom stereocenters. The number of aryl methyl sites for hydroxylation is 4. The van der Waals surface area contributed by atoms with Crippen molar-refractivity contribution in [2.45, 2.75) is 75.4 Å². The quantitative estimate of drug-likeness (QED) is 0.573. The Morgan fingerprint density at radius 3 is 1.25 bits per heavy atom. The van der Waals surface area contributed by atoms with E-state index in [-0.39, 0.29) is 6.17 Å². The molecule has 3 rings (SSSR count). The summed E-state index contributed by atoms with van der Waals surface area (Å²) < 4.78 is 0. The van der Waals surface area contributed by atoms with Crippen molar-refractivity contribution in [3.05, 3.63) is 69.0 Å². The highest BCUT2D eigenvalue weighted by molar-refractivity contribution is 5.72. The molecule has 2 heteroatoms. The van der Waals surface area contributed by atoms with Gasteiger partial charge in [0.05, 0.1) is 0 Å². The average molecular weight is 377 g/mol. The lowest BCUT2D eigenvalue weighted by Crippen LogP contribution is -2.44. The third kappa shape index (κ3) is 3.13. The Bertz CT molecular complexity index is 876. The third-order valence-electron chi connectivity index (χ3n) is 6.70. The summed E-state index contributed by atoms with van der Waals surface area (Å²) in [5.41, 5.74) is 13.8. The van der Waals surface area contributed by atoms with Gasteiger partial charge in [-0.05, 0) is 106 Å². The van der Waals surface area contributed by atoms with Crippen LogP contribution in [0, 0.1) is 61.3 Å². The van der Waals surface area contributed by atoms with Gasteiger partial charge in [0.15, 0.2) is 0 Å². The lowest BCUT2D eigenvalue weighted by Gasteiger charge is -2.39. The van der Waals surface area contributed by atoms with Crippen LogP contribution >= 0.6 is 0 Å². The normalized spacial score (nSPS) is 14.7. The average Bonchev–Trinajstić information content (AvgIpc) is 3.02. The first-order valence-electron chi connectivity index (χ1n) is 10.5. The van der Waals surface area contributed by atoms with E-state index in [1.807, 2.05) is 0 Å². The molecular weight excluding hydrogens is 340 g/mol. The molecule has 0 aromatic heterocycles. The maximum Gasteiger partial charge on any atom is 0.112 e. The molecule has 0 spiro atoms. The maximum atomic E-state index is 2.50. The molecule has 0 atom stereocenters. The molecular formula is C26H36N2. The zero-order chi connectivity index (χ0) is 20.9. The highest BCUT2D eigenvalue weighted by Gasteiger charge is 2.34. The Balaban J connectivity index is 2.16. The van der Waals surface area contributed by atoms with Crippen LogP contribution in [0.4, 0.5) is 11.4 Å². The Hall–Kier alpha value is -2.22. The highest BCUT2D eigenvalue weighted by atomic mass is 15.4. The summed E-state index contributed by atoms with van der Waals surface area (Å²) in [6.07, 6.45) is 4.84. The van der Waals surface area contributed by atoms with Gasteiger partial charge in [-0.25, -0.2) is 0 Å². The Kier molecular flexibility index (Phi) is 5.36. The molecule has 0 fully saturated rings. The van der Waals surface area contributed by atoms with E-state index in [1.165, 1.54) is 55.9 Å². The fourth-order valence-corrected chi connectivity index (χ4v) is 4.85. The molecule has 2 nitrogen and oxygen atoms in total. The number of benzene rings is 2. The summed E-state index contributed by atoms with van der Waals surface area (Å²) in [5.74, 6) is 0.482. The molecule has 150 valence electrons. The van der Waals surface area contributed by atoms with Gasteiger partial charge >= 0.3 is 0 Å². The summed E-state index contributed by atoms with van der Waals surface area (Å²) in [5, 5.41) is 0. The molecule has 0 amide bonds. The predicted molar refractivity (Wildman–Crippen MR) is 124 cm³/mol. The first kappa shape index (κ1) is 20.5. The van der Waals surface area contributed by atoms with Crippen LogP contribution in [-0.2, 0) is 0 Å². The van der Waals surface area contributed by atoms with E-state index >= 15 is 0 Å². The van der Waals surface area contributed by atoms with Crippen molar-refractivity contribution in [1.29, 1.82) is 0 Å². The smallest absolute Gasteiger partial charge is 0.112 e. The maximum absolute atomic E-state index is 2.50. The number of hydrogen-bond acceptors (Lipinski definition) is 2. The van der Waals surface area contributed by atoms with Gasteiger partial charge in [-0.1, -0.05) is 26.0 Å². The van der Waals surface area contributed by atoms with E-state index in [9.17, 15) is 0 Å². The Morgan fingerprint density at radius 1 is 0.571 bits per heavy atom. The molecule has 1 heterocycles. The highest BCUT2D eigenvalue weighted by Crippen LogP contribution is 2.40. The monoisotopic (exact) mass is 376 g/mol. The first-order valence-corrected chi connectivity index (χ1v) is 10.5. The Labute approximate surface area is 171 Å². The van der Waals surface area contributed by atoms with Crippen LogP contribution in [0.1, 0.15) is 58.4 Å². The number of hydrogen-bond donors (Lipinski definition) is 0. The molecule has 0 aliphatic carbocycles. The van der Waals surface area contributed by atoms with Gasteiger partial charge < -0.3 is 9.80 Å². The van der Waals surface area contributed by atoms with Crippen molar-refractivity contribution in [1.82, 2.24) is 0 Å². The molecule has 0 radical (unpaired) electrons. The van der Waals surface area contributed by atoms with Gasteiger partial charge in [0.2, 0.25) is 0 Å². The second-order valence-corrected chi connectivity index (χ2v) is 8.99. The summed E-state index contributed by atoms with van der Waals surface area (Å²) in [7, 11) is 0. The summed E-state index contributed by atoms with van der Waals surface area (Å²) in [4.78, 5) is 4.99. The second-order valence-electron chi connectivity index (χ2n) is 8.99. The van der Waals surface area contributed by atoms with E-state index in [4.69, 9.17) is 0 Å². The fourth-order valence-electron chi connectivity index (χ4n) is 4.85. The molecule has 2 aromatic carbocycles. The van der Waals surface area contributed by atoms with E-state index in [1.54, 1.807) is 0 Å². The SMILES string of the molecule is Cc1cc(C)c(N2C=CN(c3c(C)cc(C)c(C)c3C)C2C(C)C)c(C)c1C. The zero-order valence-electron chi connectivity index (χ0n) is 19.4. The number of anilines is 2. The lowest BCUT2D eigenvalue weighted by molar-refractivity contribution is 0.499. The largest absolute Gasteiger partial charge is 0.325 e. The number of nitrogens with zero attached hydrogens (tertiary/aromatic N) is 2. The predicted octanol–water partition coefficient (Wildman–Crippen LogP) is 6.93. The van der Waals surface area contributed by atoms with Gasteiger partial charge in [-0.15, -0.1) is 0 Å². The van der Waals surface area contributed by atoms with Gasteiger partial charge in [0.25, 0.3) is 0 Å². The molecule has 0 bridgehead atoms. The van der Waals surface area contributed by atoms with Crippen molar-refractivity contribution in [3.8, 4) is 0 Å². The van der Waals surface area contributed by atoms with E-state index in [2.05, 4.69) is 104 Å². The summed E-state index contributed by atoms with van der Waals surface area (Å²) >= 11 is 0. The van der Waals surface area contributed by atoms with Crippen molar-refractivity contribution in [2.75, 3.05) is 9.80 Å². The van der Waals surface area contributed by atoms with Crippen LogP contribution < -0.4 is 9.80 Å². The van der Waals surface area contributed by atoms with E-state index in [0.717, 1.165) is 0 Å². The van der Waals surface area contributed by atoms with Gasteiger partial charge in [-0.3, -0.25) is 0 Å². The van der Waals surface area contributed by atoms with Crippen molar-refractivity contribution >= 4 is 11.4 Å². The minimum Gasteiger partial charge on any atom is -0.325 e. The minimum absolute atomic E-state index is 0.277. The molecule has 1 aliphatic heterocycles. The molecule has 28 heavy (non-hydrogen) atoms. The molecule has 0 N–H and O–H groups in total. The topological polar surface area (TPSA) is 6.48 Å². The Morgan fingerprint density at radius 2 is 0.929 bits per heavy atom. The summed E-state index contributed by atoms with van der Waals surface area (Å²) in [6, 6.07) is 4.66. The second kappa shape index (κ2) is 7.31. The summed E-state index contributed by atoms with van der Waals surface area (Å²) in [6.45, 7) is 22.6. The lowest BCUT2D eigenvalue weighted by atomic mass is 9.95. The van der Waals surface area contributed by atoms with Gasteiger partial charge in [-0.2, -0.15) is 0 Å². The van der Waals surface area contributed by atoms with Crippen LogP contribution in [-0.4, -0.2) is 6.17 Å². The molecule has 0 saturated heterocycles. The van der Waals surface area contributed by atoms with Crippen molar-refractivity contribution in [2.24, 2.45) is 5.92 Å². The van der Waals surface area contributed by atoms with E-state index in [0.29, 0.717) is 5.92 Å². The van der Waals surface area contributed by atoms with Gasteiger partial charge in [0.1, 0.15) is 6.17 Å². The van der Waals surface area contributed by atoms with Gasteiger partial charge in [0, 0.05) is 23.8 Å². The van der Waals surface area contributed by atoms with Crippen molar-refractivity contribution < 1.29 is 0 Å². The standard InChI is InChI=1S/C26H36N2/c1-15(2)26-27(24-18(5)13-16(3)20(7)22(24)9)11-12-28(26)25-19(6)14-17(4)21(8)23(25)10/h11-15,26H,1-10H3. The van der Waals surface area contributed by atoms with Crippen LogP contribution in [0.25, 0.3) is 0 Å². The third-order valence-corrected chi connectivity index (χ3v) is 6.70. The van der Waals surface area contributed by atoms with Crippen LogP contribution in [0.15, 0.2) is 24.5 Å². The van der Waals surface area contributed by atoms with Crippen molar-refractivity contribution in [3.63, 3.8) is 0 Å². The van der Waals surface area contributed by atoms with E-state index < -0.39 is 0 Å². The molecule has 2 aromatic rings. The fraction of sp³-hybridized carbons (Fsp3) is 0.462. The molecule has 1 aliphatic rings. The van der Waals surface area contributed by atoms with Crippen LogP contribution in [0.5, 0.6) is 0 Å². The molecule has 0 saturated carbocycles.